The minimum Gasteiger partial charge on any atom is -0.379 e. The third kappa shape index (κ3) is 2.77. The number of hydrogen-bond donors (Lipinski definition) is 1. The standard InChI is InChI=1S/C13H15FN2O4/c1-8-5-9(16(18)19)6-10(11(8)14)12(17)15-13(2)3-4-20-7-13/h5-6H,3-4,7H2,1-2H3,(H,15,17). The van der Waals surface area contributed by atoms with Crippen molar-refractivity contribution in [2.45, 2.75) is 25.8 Å². The summed E-state index contributed by atoms with van der Waals surface area (Å²) >= 11 is 0. The van der Waals surface area contributed by atoms with Crippen molar-refractivity contribution in [3.8, 4) is 0 Å². The van der Waals surface area contributed by atoms with Crippen LogP contribution in [0.5, 0.6) is 0 Å². The highest BCUT2D eigenvalue weighted by Gasteiger charge is 2.32. The number of carbonyl (C=O) groups excluding carboxylic acids is 1. The molecule has 7 heteroatoms. The molecule has 20 heavy (non-hydrogen) atoms. The molecule has 1 aliphatic rings. The highest BCUT2D eigenvalue weighted by molar-refractivity contribution is 5.95. The fraction of sp³-hybridized carbons (Fsp3) is 0.462. The highest BCUT2D eigenvalue weighted by Crippen LogP contribution is 2.23. The Morgan fingerprint density at radius 1 is 1.55 bits per heavy atom. The molecule has 0 bridgehead atoms. The molecule has 1 aromatic carbocycles. The van der Waals surface area contributed by atoms with E-state index in [9.17, 15) is 19.3 Å². The Labute approximate surface area is 115 Å². The van der Waals surface area contributed by atoms with Gasteiger partial charge < -0.3 is 10.1 Å². The Kier molecular flexibility index (Phi) is 3.71. The molecule has 1 fully saturated rings. The predicted octanol–water partition coefficient (Wildman–Crippen LogP) is 1.95. The van der Waals surface area contributed by atoms with Gasteiger partial charge in [-0.3, -0.25) is 14.9 Å². The lowest BCUT2D eigenvalue weighted by Gasteiger charge is -2.23. The number of nitro benzene ring substituents is 1. The first-order valence-corrected chi connectivity index (χ1v) is 6.17. The maximum atomic E-state index is 14.0. The first-order valence-electron chi connectivity index (χ1n) is 6.17. The zero-order chi connectivity index (χ0) is 14.9. The quantitative estimate of drug-likeness (QED) is 0.678. The molecule has 1 N–H and O–H groups in total. The van der Waals surface area contributed by atoms with Crippen LogP contribution in [0.3, 0.4) is 0 Å². The molecule has 0 spiro atoms. The summed E-state index contributed by atoms with van der Waals surface area (Å²) in [4.78, 5) is 22.3. The van der Waals surface area contributed by atoms with Crippen molar-refractivity contribution < 1.29 is 18.8 Å². The lowest BCUT2D eigenvalue weighted by atomic mass is 10.0. The molecule has 108 valence electrons. The van der Waals surface area contributed by atoms with E-state index in [0.717, 1.165) is 12.1 Å². The number of hydrogen-bond acceptors (Lipinski definition) is 4. The second-order valence-electron chi connectivity index (χ2n) is 5.20. The van der Waals surface area contributed by atoms with Gasteiger partial charge in [0.25, 0.3) is 11.6 Å². The fourth-order valence-corrected chi connectivity index (χ4v) is 2.13. The summed E-state index contributed by atoms with van der Waals surface area (Å²) in [6, 6.07) is 2.06. The van der Waals surface area contributed by atoms with Gasteiger partial charge in [0, 0.05) is 18.7 Å². The number of halogens is 1. The molecule has 1 atom stereocenters. The summed E-state index contributed by atoms with van der Waals surface area (Å²) in [7, 11) is 0. The van der Waals surface area contributed by atoms with E-state index in [0.29, 0.717) is 19.6 Å². The average molecular weight is 282 g/mol. The maximum absolute atomic E-state index is 14.0. The maximum Gasteiger partial charge on any atom is 0.270 e. The van der Waals surface area contributed by atoms with Crippen molar-refractivity contribution >= 4 is 11.6 Å². The second kappa shape index (κ2) is 5.16. The van der Waals surface area contributed by atoms with Gasteiger partial charge in [-0.15, -0.1) is 0 Å². The minimum atomic E-state index is -0.740. The van der Waals surface area contributed by atoms with Crippen LogP contribution in [0.25, 0.3) is 0 Å². The van der Waals surface area contributed by atoms with E-state index < -0.39 is 22.2 Å². The van der Waals surface area contributed by atoms with Crippen molar-refractivity contribution in [1.29, 1.82) is 0 Å². The van der Waals surface area contributed by atoms with Crippen molar-refractivity contribution in [1.82, 2.24) is 5.32 Å². The highest BCUT2D eigenvalue weighted by atomic mass is 19.1. The van der Waals surface area contributed by atoms with Gasteiger partial charge in [-0.05, 0) is 25.8 Å². The van der Waals surface area contributed by atoms with Crippen molar-refractivity contribution in [2.24, 2.45) is 0 Å². The molecule has 1 saturated heterocycles. The molecule has 1 amide bonds. The number of benzene rings is 1. The zero-order valence-corrected chi connectivity index (χ0v) is 11.2. The van der Waals surface area contributed by atoms with Gasteiger partial charge in [0.2, 0.25) is 0 Å². The summed E-state index contributed by atoms with van der Waals surface area (Å²) < 4.78 is 19.2. The van der Waals surface area contributed by atoms with Gasteiger partial charge >= 0.3 is 0 Å². The summed E-state index contributed by atoms with van der Waals surface area (Å²) in [6.07, 6.45) is 0.619. The van der Waals surface area contributed by atoms with E-state index in [4.69, 9.17) is 4.74 Å². The van der Waals surface area contributed by atoms with Gasteiger partial charge in [-0.2, -0.15) is 0 Å². The largest absolute Gasteiger partial charge is 0.379 e. The Hall–Kier alpha value is -2.02. The number of rotatable bonds is 3. The van der Waals surface area contributed by atoms with Crippen LogP contribution >= 0.6 is 0 Å². The molecule has 0 saturated carbocycles. The normalized spacial score (nSPS) is 21.8. The summed E-state index contributed by atoms with van der Waals surface area (Å²) in [5, 5.41) is 13.5. The predicted molar refractivity (Wildman–Crippen MR) is 69.1 cm³/mol. The monoisotopic (exact) mass is 282 g/mol. The Morgan fingerprint density at radius 2 is 2.25 bits per heavy atom. The van der Waals surface area contributed by atoms with Gasteiger partial charge in [0.05, 0.1) is 22.6 Å². The van der Waals surface area contributed by atoms with E-state index in [-0.39, 0.29) is 16.8 Å². The molecule has 6 nitrogen and oxygen atoms in total. The number of nitro groups is 1. The Balaban J connectivity index is 2.31. The van der Waals surface area contributed by atoms with Crippen LogP contribution < -0.4 is 5.32 Å². The van der Waals surface area contributed by atoms with Crippen LogP contribution in [0.2, 0.25) is 0 Å². The van der Waals surface area contributed by atoms with Gasteiger partial charge in [0.1, 0.15) is 5.82 Å². The number of ether oxygens (including phenoxy) is 1. The number of nitrogens with zero attached hydrogens (tertiary/aromatic N) is 1. The molecule has 1 unspecified atom stereocenters. The fourth-order valence-electron chi connectivity index (χ4n) is 2.13. The number of aryl methyl sites for hydroxylation is 1. The molecular weight excluding hydrogens is 267 g/mol. The minimum absolute atomic E-state index is 0.0668. The van der Waals surface area contributed by atoms with E-state index in [1.165, 1.54) is 6.92 Å². The lowest BCUT2D eigenvalue weighted by molar-refractivity contribution is -0.385. The van der Waals surface area contributed by atoms with Crippen LogP contribution in [-0.4, -0.2) is 29.6 Å². The Bertz CT molecular complexity index is 568. The number of amides is 1. The molecule has 2 rings (SSSR count). The smallest absolute Gasteiger partial charge is 0.270 e. The zero-order valence-electron chi connectivity index (χ0n) is 11.2. The summed E-state index contributed by atoms with van der Waals surface area (Å²) in [6.45, 7) is 4.04. The van der Waals surface area contributed by atoms with E-state index in [1.807, 2.05) is 0 Å². The molecule has 0 aromatic heterocycles. The Morgan fingerprint density at radius 3 is 2.80 bits per heavy atom. The molecule has 1 heterocycles. The molecule has 1 aromatic rings. The topological polar surface area (TPSA) is 81.5 Å². The SMILES string of the molecule is Cc1cc([N+](=O)[O-])cc(C(=O)NC2(C)CCOC2)c1F. The van der Waals surface area contributed by atoms with Crippen LogP contribution in [-0.2, 0) is 4.74 Å². The third-order valence-corrected chi connectivity index (χ3v) is 3.33. The van der Waals surface area contributed by atoms with Crippen LogP contribution in [0.1, 0.15) is 29.3 Å². The van der Waals surface area contributed by atoms with E-state index >= 15 is 0 Å². The van der Waals surface area contributed by atoms with Crippen molar-refractivity contribution in [3.05, 3.63) is 39.2 Å². The average Bonchev–Trinajstić information content (AvgIpc) is 2.78. The molecular formula is C13H15FN2O4. The first kappa shape index (κ1) is 14.4. The number of non-ortho nitro benzene ring substituents is 1. The van der Waals surface area contributed by atoms with Gasteiger partial charge in [-0.1, -0.05) is 0 Å². The third-order valence-electron chi connectivity index (χ3n) is 3.33. The molecule has 0 radical (unpaired) electrons. The first-order chi connectivity index (χ1) is 9.32. The van der Waals surface area contributed by atoms with Gasteiger partial charge in [-0.25, -0.2) is 4.39 Å². The van der Waals surface area contributed by atoms with Gasteiger partial charge in [0.15, 0.2) is 0 Å². The lowest BCUT2D eigenvalue weighted by Crippen LogP contribution is -2.46. The van der Waals surface area contributed by atoms with Crippen LogP contribution in [0.15, 0.2) is 12.1 Å². The van der Waals surface area contributed by atoms with Crippen LogP contribution in [0, 0.1) is 22.9 Å². The van der Waals surface area contributed by atoms with Crippen LogP contribution in [0.4, 0.5) is 10.1 Å². The molecule has 0 aliphatic carbocycles. The number of nitrogens with one attached hydrogen (secondary N) is 1. The molecule has 1 aliphatic heterocycles. The van der Waals surface area contributed by atoms with Crippen molar-refractivity contribution in [3.63, 3.8) is 0 Å². The summed E-state index contributed by atoms with van der Waals surface area (Å²) in [5.41, 5.74) is -1.12. The van der Waals surface area contributed by atoms with E-state index in [1.54, 1.807) is 6.92 Å². The number of carbonyl (C=O) groups is 1. The van der Waals surface area contributed by atoms with Crippen molar-refractivity contribution in [2.75, 3.05) is 13.2 Å². The summed E-state index contributed by atoms with van der Waals surface area (Å²) in [5.74, 6) is -1.40. The second-order valence-corrected chi connectivity index (χ2v) is 5.20. The van der Waals surface area contributed by atoms with E-state index in [2.05, 4.69) is 5.32 Å².